The molecule has 0 saturated carbocycles. The van der Waals surface area contributed by atoms with Gasteiger partial charge in [0.25, 0.3) is 0 Å². The highest BCUT2D eigenvalue weighted by atomic mass is 16.3. The van der Waals surface area contributed by atoms with Crippen LogP contribution in [0.25, 0.3) is 38.8 Å². The minimum absolute atomic E-state index is 0.499. The highest BCUT2D eigenvalue weighted by Crippen LogP contribution is 2.36. The third-order valence-corrected chi connectivity index (χ3v) is 6.58. The summed E-state index contributed by atoms with van der Waals surface area (Å²) >= 11 is 0. The molecule has 0 aliphatic heterocycles. The summed E-state index contributed by atoms with van der Waals surface area (Å²) in [7, 11) is 0. The highest BCUT2D eigenvalue weighted by Gasteiger charge is 2.12. The maximum atomic E-state index is 6.43. The molecule has 0 radical (unpaired) electrons. The lowest BCUT2D eigenvalue weighted by atomic mass is 9.98. The molecule has 1 aromatic heterocycles. The van der Waals surface area contributed by atoms with Crippen LogP contribution in [-0.2, 0) is 6.42 Å². The zero-order valence-electron chi connectivity index (χ0n) is 20.3. The average molecular weight is 479 g/mol. The topological polar surface area (TPSA) is 51.5 Å². The van der Waals surface area contributed by atoms with Crippen molar-refractivity contribution in [1.29, 1.82) is 0 Å². The lowest BCUT2D eigenvalue weighted by Crippen LogP contribution is -2.13. The Kier molecular flexibility index (Phi) is 6.10. The van der Waals surface area contributed by atoms with E-state index >= 15 is 0 Å². The van der Waals surface area contributed by atoms with E-state index in [4.69, 9.17) is 15.1 Å². The Morgan fingerprint density at radius 2 is 1.32 bits per heavy atom. The quantitative estimate of drug-likeness (QED) is 0.194. The van der Waals surface area contributed by atoms with Gasteiger partial charge in [-0.3, -0.25) is 0 Å². The van der Waals surface area contributed by atoms with Crippen molar-refractivity contribution in [3.05, 3.63) is 150 Å². The van der Waals surface area contributed by atoms with Crippen molar-refractivity contribution in [3.63, 3.8) is 0 Å². The van der Waals surface area contributed by atoms with Crippen LogP contribution in [0.15, 0.2) is 143 Å². The van der Waals surface area contributed by atoms with Crippen molar-refractivity contribution in [3.8, 4) is 11.1 Å². The number of nitrogens with two attached hydrogens (primary N) is 1. The first kappa shape index (κ1) is 22.6. The molecule has 5 aromatic carbocycles. The second-order valence-electron chi connectivity index (χ2n) is 9.00. The van der Waals surface area contributed by atoms with Crippen molar-refractivity contribution in [1.82, 2.24) is 0 Å². The third kappa shape index (κ3) is 4.67. The largest absolute Gasteiger partial charge is 0.456 e. The van der Waals surface area contributed by atoms with Crippen molar-refractivity contribution >= 4 is 33.5 Å². The number of allylic oxidation sites excluding steroid dienone is 1. The normalized spacial score (nSPS) is 12.3. The van der Waals surface area contributed by atoms with E-state index in [0.29, 0.717) is 5.84 Å². The standard InChI is InChI=1S/C34H26N2O/c35-34(27-12-5-2-6-13-27)36-30(23-18-24-10-3-1-4-11-24)26-21-19-25(20-22-26)28-15-9-17-32-33(28)29-14-7-8-16-31(29)37-32/h1-17,19-23H,18H2,(H2,35,36)/b30-23-. The summed E-state index contributed by atoms with van der Waals surface area (Å²) in [6.45, 7) is 0. The molecule has 0 aliphatic rings. The SMILES string of the molecule is NC(=N/C(=C\Cc1ccccc1)c1ccc(-c2cccc3oc4ccccc4c23)cc1)c1ccccc1. The molecule has 0 fully saturated rings. The molecule has 0 saturated heterocycles. The van der Waals surface area contributed by atoms with Crippen LogP contribution in [0, 0.1) is 0 Å². The molecule has 6 rings (SSSR count). The van der Waals surface area contributed by atoms with Crippen molar-refractivity contribution in [2.45, 2.75) is 6.42 Å². The van der Waals surface area contributed by atoms with Crippen molar-refractivity contribution in [2.24, 2.45) is 10.7 Å². The molecule has 178 valence electrons. The predicted octanol–water partition coefficient (Wildman–Crippen LogP) is 8.24. The van der Waals surface area contributed by atoms with Crippen LogP contribution in [0.1, 0.15) is 16.7 Å². The molecule has 1 heterocycles. The van der Waals surface area contributed by atoms with Gasteiger partial charge in [0.2, 0.25) is 0 Å². The summed E-state index contributed by atoms with van der Waals surface area (Å²) in [5.74, 6) is 0.499. The van der Waals surface area contributed by atoms with E-state index in [-0.39, 0.29) is 0 Å². The summed E-state index contributed by atoms with van der Waals surface area (Å²) in [6, 6.07) is 43.2. The van der Waals surface area contributed by atoms with Crippen LogP contribution < -0.4 is 5.73 Å². The summed E-state index contributed by atoms with van der Waals surface area (Å²) in [6.07, 6.45) is 2.91. The van der Waals surface area contributed by atoms with Gasteiger partial charge in [-0.15, -0.1) is 0 Å². The van der Waals surface area contributed by atoms with Gasteiger partial charge in [0.15, 0.2) is 0 Å². The lowest BCUT2D eigenvalue weighted by molar-refractivity contribution is 0.669. The summed E-state index contributed by atoms with van der Waals surface area (Å²) in [4.78, 5) is 4.86. The Hall–Kier alpha value is -4.89. The number of benzene rings is 5. The monoisotopic (exact) mass is 478 g/mol. The molecular formula is C34H26N2O. The third-order valence-electron chi connectivity index (χ3n) is 6.58. The fourth-order valence-corrected chi connectivity index (χ4v) is 4.70. The van der Waals surface area contributed by atoms with Gasteiger partial charge < -0.3 is 10.2 Å². The fourth-order valence-electron chi connectivity index (χ4n) is 4.70. The molecule has 3 nitrogen and oxygen atoms in total. The number of hydrogen-bond donors (Lipinski definition) is 1. The minimum Gasteiger partial charge on any atom is -0.456 e. The number of aliphatic imine (C=N–C) groups is 1. The van der Waals surface area contributed by atoms with Gasteiger partial charge in [-0.05, 0) is 40.8 Å². The van der Waals surface area contributed by atoms with E-state index in [1.54, 1.807) is 0 Å². The zero-order valence-corrected chi connectivity index (χ0v) is 20.3. The van der Waals surface area contributed by atoms with E-state index in [0.717, 1.165) is 56.3 Å². The molecule has 0 spiro atoms. The van der Waals surface area contributed by atoms with Crippen molar-refractivity contribution in [2.75, 3.05) is 0 Å². The predicted molar refractivity (Wildman–Crippen MR) is 154 cm³/mol. The Balaban J connectivity index is 1.40. The molecule has 0 bridgehead atoms. The maximum absolute atomic E-state index is 6.43. The average Bonchev–Trinajstić information content (AvgIpc) is 3.35. The van der Waals surface area contributed by atoms with Crippen molar-refractivity contribution < 1.29 is 4.42 Å². The molecule has 6 aromatic rings. The van der Waals surface area contributed by atoms with Crippen LogP contribution in [0.3, 0.4) is 0 Å². The number of fused-ring (bicyclic) bond motifs is 3. The highest BCUT2D eigenvalue weighted by molar-refractivity contribution is 6.12. The number of amidine groups is 1. The van der Waals surface area contributed by atoms with Gasteiger partial charge in [-0.1, -0.05) is 121 Å². The second kappa shape index (κ2) is 10.00. The number of rotatable bonds is 6. The number of para-hydroxylation sites is 1. The summed E-state index contributed by atoms with van der Waals surface area (Å²) < 4.78 is 6.10. The number of hydrogen-bond acceptors (Lipinski definition) is 2. The van der Waals surface area contributed by atoms with E-state index in [1.807, 2.05) is 60.7 Å². The maximum Gasteiger partial charge on any atom is 0.136 e. The van der Waals surface area contributed by atoms with Gasteiger partial charge in [-0.25, -0.2) is 4.99 Å². The Bertz CT molecular complexity index is 1730. The van der Waals surface area contributed by atoms with E-state index < -0.39 is 0 Å². The lowest BCUT2D eigenvalue weighted by Gasteiger charge is -2.09. The van der Waals surface area contributed by atoms with Crippen LogP contribution >= 0.6 is 0 Å². The van der Waals surface area contributed by atoms with Gasteiger partial charge in [0.05, 0.1) is 5.70 Å². The molecule has 37 heavy (non-hydrogen) atoms. The van der Waals surface area contributed by atoms with Crippen LogP contribution in [-0.4, -0.2) is 5.84 Å². The fraction of sp³-hybridized carbons (Fsp3) is 0.0294. The minimum atomic E-state index is 0.499. The first-order chi connectivity index (χ1) is 18.3. The van der Waals surface area contributed by atoms with Crippen LogP contribution in [0.2, 0.25) is 0 Å². The molecule has 0 amide bonds. The summed E-state index contributed by atoms with van der Waals surface area (Å²) in [5.41, 5.74) is 14.5. The smallest absolute Gasteiger partial charge is 0.136 e. The van der Waals surface area contributed by atoms with Gasteiger partial charge in [0.1, 0.15) is 17.0 Å². The van der Waals surface area contributed by atoms with E-state index in [9.17, 15) is 0 Å². The first-order valence-corrected chi connectivity index (χ1v) is 12.4. The zero-order chi connectivity index (χ0) is 25.0. The Morgan fingerprint density at radius 1 is 0.649 bits per heavy atom. The van der Waals surface area contributed by atoms with E-state index in [1.165, 1.54) is 5.56 Å². The van der Waals surface area contributed by atoms with E-state index in [2.05, 4.69) is 72.8 Å². The molecule has 3 heteroatoms. The van der Waals surface area contributed by atoms with Gasteiger partial charge >= 0.3 is 0 Å². The Labute approximate surface area is 216 Å². The van der Waals surface area contributed by atoms with Gasteiger partial charge in [0, 0.05) is 16.3 Å². The molecule has 0 unspecified atom stereocenters. The molecular weight excluding hydrogens is 452 g/mol. The first-order valence-electron chi connectivity index (χ1n) is 12.4. The summed E-state index contributed by atoms with van der Waals surface area (Å²) in [5, 5.41) is 2.26. The van der Waals surface area contributed by atoms with Crippen LogP contribution in [0.5, 0.6) is 0 Å². The molecule has 0 aliphatic carbocycles. The molecule has 2 N–H and O–H groups in total. The van der Waals surface area contributed by atoms with Crippen LogP contribution in [0.4, 0.5) is 0 Å². The Morgan fingerprint density at radius 3 is 2.11 bits per heavy atom. The van der Waals surface area contributed by atoms with Gasteiger partial charge in [-0.2, -0.15) is 0 Å². The molecule has 0 atom stereocenters. The number of furan rings is 1. The number of nitrogens with zero attached hydrogens (tertiary/aromatic N) is 1. The second-order valence-corrected chi connectivity index (χ2v) is 9.00.